The van der Waals surface area contributed by atoms with E-state index >= 15 is 0 Å². The van der Waals surface area contributed by atoms with Gasteiger partial charge in [0.15, 0.2) is 0 Å². The molecular weight excluding hydrogens is 392 g/mol. The molecule has 0 spiro atoms. The molecule has 166 valence electrons. The van der Waals surface area contributed by atoms with Crippen LogP contribution in [0.3, 0.4) is 0 Å². The number of aliphatic hydroxyl groups is 1. The third kappa shape index (κ3) is 4.34. The fourth-order valence-corrected chi connectivity index (χ4v) is 4.87. The van der Waals surface area contributed by atoms with Gasteiger partial charge in [0.05, 0.1) is 6.04 Å². The molecule has 6 N–H and O–H groups in total. The molecule has 2 aromatic carbocycles. The number of hydrogen-bond donors (Lipinski definition) is 4. The number of amides is 1. The second-order valence-corrected chi connectivity index (χ2v) is 8.65. The zero-order valence-corrected chi connectivity index (χ0v) is 18.1. The molecule has 0 aromatic heterocycles. The minimum atomic E-state index is -0.625. The second kappa shape index (κ2) is 8.77. The molecule has 2 aromatic rings. The average Bonchev–Trinajstić information content (AvgIpc) is 3.58. The van der Waals surface area contributed by atoms with Crippen LogP contribution in [-0.2, 0) is 0 Å². The SMILES string of the molecule is CC(O)N1c2ccc(C(N)=O)cc2[C@H](Nc2cccc(OCCN)c2)[C@@H](C)[C@@H]1C1CC1. The molecule has 4 atom stereocenters. The third-order valence-corrected chi connectivity index (χ3v) is 6.36. The van der Waals surface area contributed by atoms with E-state index in [0.29, 0.717) is 24.6 Å². The van der Waals surface area contributed by atoms with Gasteiger partial charge in [-0.2, -0.15) is 0 Å². The lowest BCUT2D eigenvalue weighted by Gasteiger charge is -2.48. The van der Waals surface area contributed by atoms with Crippen LogP contribution in [0.1, 0.15) is 48.7 Å². The number of fused-ring (bicyclic) bond motifs is 1. The van der Waals surface area contributed by atoms with Gasteiger partial charge in [0.2, 0.25) is 5.91 Å². The molecule has 1 aliphatic heterocycles. The lowest BCUT2D eigenvalue weighted by atomic mass is 9.79. The third-order valence-electron chi connectivity index (χ3n) is 6.36. The van der Waals surface area contributed by atoms with Gasteiger partial charge in [-0.25, -0.2) is 0 Å². The van der Waals surface area contributed by atoms with Crippen LogP contribution in [-0.4, -0.2) is 36.4 Å². The first-order chi connectivity index (χ1) is 14.9. The van der Waals surface area contributed by atoms with E-state index in [1.54, 1.807) is 13.0 Å². The molecule has 1 saturated carbocycles. The smallest absolute Gasteiger partial charge is 0.248 e. The summed E-state index contributed by atoms with van der Waals surface area (Å²) in [7, 11) is 0. The molecule has 1 amide bonds. The van der Waals surface area contributed by atoms with Gasteiger partial charge < -0.3 is 31.5 Å². The predicted molar refractivity (Wildman–Crippen MR) is 122 cm³/mol. The lowest BCUT2D eigenvalue weighted by Crippen LogP contribution is -2.52. The number of rotatable bonds is 8. The Morgan fingerprint density at radius 3 is 2.71 bits per heavy atom. The topological polar surface area (TPSA) is 114 Å². The van der Waals surface area contributed by atoms with E-state index in [4.69, 9.17) is 16.2 Å². The van der Waals surface area contributed by atoms with E-state index in [0.717, 1.165) is 22.7 Å². The number of aliphatic hydroxyl groups excluding tert-OH is 1. The summed E-state index contributed by atoms with van der Waals surface area (Å²) in [6.07, 6.45) is 1.71. The Kier molecular flexibility index (Phi) is 6.07. The maximum Gasteiger partial charge on any atom is 0.248 e. The molecule has 7 heteroatoms. The first kappa shape index (κ1) is 21.5. The van der Waals surface area contributed by atoms with Crippen molar-refractivity contribution >= 4 is 17.3 Å². The molecule has 1 fully saturated rings. The van der Waals surface area contributed by atoms with E-state index in [2.05, 4.69) is 17.1 Å². The van der Waals surface area contributed by atoms with Gasteiger partial charge in [-0.15, -0.1) is 0 Å². The fraction of sp³-hybridized carbons (Fsp3) is 0.458. The number of nitrogens with zero attached hydrogens (tertiary/aromatic N) is 1. The zero-order valence-electron chi connectivity index (χ0n) is 18.1. The van der Waals surface area contributed by atoms with Crippen LogP contribution in [0.2, 0.25) is 0 Å². The zero-order chi connectivity index (χ0) is 22.1. The Morgan fingerprint density at radius 2 is 2.06 bits per heavy atom. The molecule has 31 heavy (non-hydrogen) atoms. The molecule has 1 unspecified atom stereocenters. The molecule has 1 heterocycles. The number of benzene rings is 2. The molecule has 2 aliphatic rings. The quantitative estimate of drug-likeness (QED) is 0.518. The monoisotopic (exact) mass is 424 g/mol. The van der Waals surface area contributed by atoms with E-state index in [1.807, 2.05) is 36.4 Å². The second-order valence-electron chi connectivity index (χ2n) is 8.65. The Morgan fingerprint density at radius 1 is 1.29 bits per heavy atom. The van der Waals surface area contributed by atoms with Crippen molar-refractivity contribution in [1.82, 2.24) is 0 Å². The highest BCUT2D eigenvalue weighted by Gasteiger charge is 2.47. The molecular formula is C24H32N4O3. The van der Waals surface area contributed by atoms with Gasteiger partial charge >= 0.3 is 0 Å². The maximum absolute atomic E-state index is 11.9. The Balaban J connectivity index is 1.74. The number of carbonyl (C=O) groups is 1. The summed E-state index contributed by atoms with van der Waals surface area (Å²) in [6, 6.07) is 13.5. The van der Waals surface area contributed by atoms with Gasteiger partial charge in [0.1, 0.15) is 18.6 Å². The molecule has 1 aliphatic carbocycles. The van der Waals surface area contributed by atoms with Gasteiger partial charge in [-0.3, -0.25) is 4.79 Å². The number of hydrogen-bond acceptors (Lipinski definition) is 6. The van der Waals surface area contributed by atoms with Crippen LogP contribution < -0.4 is 26.4 Å². The highest BCUT2D eigenvalue weighted by molar-refractivity contribution is 5.93. The summed E-state index contributed by atoms with van der Waals surface area (Å²) < 4.78 is 5.68. The number of anilines is 2. The van der Waals surface area contributed by atoms with Gasteiger partial charge in [0, 0.05) is 41.5 Å². The molecule has 7 nitrogen and oxygen atoms in total. The van der Waals surface area contributed by atoms with Crippen molar-refractivity contribution in [2.45, 2.75) is 45.0 Å². The van der Waals surface area contributed by atoms with Crippen molar-refractivity contribution in [2.75, 3.05) is 23.4 Å². The highest BCUT2D eigenvalue weighted by Crippen LogP contribution is 2.50. The summed E-state index contributed by atoms with van der Waals surface area (Å²) in [5.41, 5.74) is 14.4. The van der Waals surface area contributed by atoms with Crippen LogP contribution in [0.15, 0.2) is 42.5 Å². The standard InChI is InChI=1S/C24H32N4O3/c1-14-22(27-18-4-3-5-19(13-18)31-11-10-25)20-12-17(24(26)30)8-9-21(20)28(15(2)29)23(14)16-6-7-16/h3-5,8-9,12-16,22-23,27,29H,6-7,10-11,25H2,1-2H3,(H2,26,30)/t14-,15?,22-,23-/m1/s1. The summed E-state index contributed by atoms with van der Waals surface area (Å²) in [5, 5.41) is 14.3. The van der Waals surface area contributed by atoms with Crippen LogP contribution in [0.5, 0.6) is 5.75 Å². The average molecular weight is 425 g/mol. The van der Waals surface area contributed by atoms with Crippen LogP contribution in [0.25, 0.3) is 0 Å². The van der Waals surface area contributed by atoms with Crippen LogP contribution >= 0.6 is 0 Å². The first-order valence-corrected chi connectivity index (χ1v) is 11.0. The summed E-state index contributed by atoms with van der Waals surface area (Å²) >= 11 is 0. The molecule has 0 radical (unpaired) electrons. The predicted octanol–water partition coefficient (Wildman–Crippen LogP) is 2.85. The Bertz CT molecular complexity index is 944. The number of ether oxygens (including phenoxy) is 1. The van der Waals surface area contributed by atoms with Crippen molar-refractivity contribution in [3.8, 4) is 5.75 Å². The van der Waals surface area contributed by atoms with Crippen molar-refractivity contribution in [2.24, 2.45) is 23.3 Å². The van der Waals surface area contributed by atoms with E-state index in [-0.39, 0.29) is 18.0 Å². The molecule has 4 rings (SSSR count). The van der Waals surface area contributed by atoms with Gasteiger partial charge in [-0.1, -0.05) is 13.0 Å². The summed E-state index contributed by atoms with van der Waals surface area (Å²) in [6.45, 7) is 4.94. The number of nitrogens with two attached hydrogens (primary N) is 2. The fourth-order valence-electron chi connectivity index (χ4n) is 4.87. The Labute approximate surface area is 183 Å². The molecule has 0 bridgehead atoms. The normalized spacial score (nSPS) is 23.7. The van der Waals surface area contributed by atoms with Crippen LogP contribution in [0.4, 0.5) is 11.4 Å². The van der Waals surface area contributed by atoms with E-state index in [9.17, 15) is 9.90 Å². The van der Waals surface area contributed by atoms with Gasteiger partial charge in [0.25, 0.3) is 0 Å². The number of carbonyl (C=O) groups excluding carboxylic acids is 1. The summed E-state index contributed by atoms with van der Waals surface area (Å²) in [4.78, 5) is 14.0. The van der Waals surface area contributed by atoms with E-state index < -0.39 is 12.1 Å². The van der Waals surface area contributed by atoms with Crippen LogP contribution in [0, 0.1) is 11.8 Å². The largest absolute Gasteiger partial charge is 0.492 e. The lowest BCUT2D eigenvalue weighted by molar-refractivity contribution is 0.1000. The number of nitrogens with one attached hydrogen (secondary N) is 1. The van der Waals surface area contributed by atoms with Crippen molar-refractivity contribution in [3.63, 3.8) is 0 Å². The number of primary amides is 1. The van der Waals surface area contributed by atoms with Crippen molar-refractivity contribution < 1.29 is 14.6 Å². The van der Waals surface area contributed by atoms with Crippen molar-refractivity contribution in [3.05, 3.63) is 53.6 Å². The minimum Gasteiger partial charge on any atom is -0.492 e. The first-order valence-electron chi connectivity index (χ1n) is 11.0. The molecule has 0 saturated heterocycles. The highest BCUT2D eigenvalue weighted by atomic mass is 16.5. The van der Waals surface area contributed by atoms with Crippen molar-refractivity contribution in [1.29, 1.82) is 0 Å². The summed E-state index contributed by atoms with van der Waals surface area (Å²) in [5.74, 6) is 1.05. The van der Waals surface area contributed by atoms with E-state index in [1.165, 1.54) is 12.8 Å². The Hall–Kier alpha value is -2.77. The van der Waals surface area contributed by atoms with Gasteiger partial charge in [-0.05, 0) is 61.6 Å². The maximum atomic E-state index is 11.9. The minimum absolute atomic E-state index is 0.0420.